The first-order valence-electron chi connectivity index (χ1n) is 6.28. The third-order valence-electron chi connectivity index (χ3n) is 2.97. The average Bonchev–Trinajstić information content (AvgIpc) is 2.90. The molecule has 0 fully saturated rings. The van der Waals surface area contributed by atoms with E-state index in [-0.39, 0.29) is 12.3 Å². The molecule has 0 spiro atoms. The van der Waals surface area contributed by atoms with E-state index < -0.39 is 5.97 Å². The van der Waals surface area contributed by atoms with Crippen LogP contribution in [0.2, 0.25) is 0 Å². The van der Waals surface area contributed by atoms with Gasteiger partial charge in [-0.2, -0.15) is 0 Å². The van der Waals surface area contributed by atoms with Crippen molar-refractivity contribution in [1.82, 2.24) is 4.98 Å². The molecule has 0 aliphatic carbocycles. The van der Waals surface area contributed by atoms with Crippen molar-refractivity contribution >= 4 is 5.97 Å². The topological polar surface area (TPSA) is 62.3 Å². The summed E-state index contributed by atoms with van der Waals surface area (Å²) in [6.45, 7) is 2.52. The monoisotopic (exact) mass is 259 g/mol. The molecule has 19 heavy (non-hydrogen) atoms. The highest BCUT2D eigenvalue weighted by Crippen LogP contribution is 2.30. The van der Waals surface area contributed by atoms with Gasteiger partial charge >= 0.3 is 5.97 Å². The normalized spacial score (nSPS) is 12.1. The number of hydrogen-bond donors (Lipinski definition) is 2. The van der Waals surface area contributed by atoms with Crippen LogP contribution in [0, 0.1) is 0 Å². The van der Waals surface area contributed by atoms with Gasteiger partial charge in [0.25, 0.3) is 0 Å². The number of carbonyl (C=O) groups is 1. The molecule has 0 amide bonds. The van der Waals surface area contributed by atoms with Crippen molar-refractivity contribution in [3.63, 3.8) is 0 Å². The number of benzene rings is 1. The maximum absolute atomic E-state index is 11.0. The van der Waals surface area contributed by atoms with Crippen molar-refractivity contribution < 1.29 is 14.6 Å². The van der Waals surface area contributed by atoms with Crippen molar-refractivity contribution in [1.29, 1.82) is 0 Å². The van der Waals surface area contributed by atoms with Crippen LogP contribution in [-0.4, -0.2) is 22.7 Å². The minimum absolute atomic E-state index is 0.0629. The summed E-state index contributed by atoms with van der Waals surface area (Å²) in [5, 5.41) is 9.08. The van der Waals surface area contributed by atoms with Gasteiger partial charge in [0, 0.05) is 18.3 Å². The third kappa shape index (κ3) is 3.37. The Kier molecular flexibility index (Phi) is 4.23. The van der Waals surface area contributed by atoms with Gasteiger partial charge in [0.05, 0.1) is 13.0 Å². The Hall–Kier alpha value is -2.23. The lowest BCUT2D eigenvalue weighted by Gasteiger charge is -2.15. The number of carboxylic acid groups (broad SMARTS) is 1. The second kappa shape index (κ2) is 6.09. The molecule has 0 saturated carbocycles. The standard InChI is InChI=1S/C15H17NO3/c1-2-19-13-5-3-4-11(8-13)14(9-15(17)18)12-6-7-16-10-12/h3-8,10,14,16H,2,9H2,1H3,(H,17,18). The summed E-state index contributed by atoms with van der Waals surface area (Å²) < 4.78 is 5.46. The highest BCUT2D eigenvalue weighted by molar-refractivity contribution is 5.69. The lowest BCUT2D eigenvalue weighted by Crippen LogP contribution is -2.07. The molecule has 0 aliphatic rings. The molecule has 1 unspecified atom stereocenters. The number of hydrogen-bond acceptors (Lipinski definition) is 2. The van der Waals surface area contributed by atoms with E-state index in [4.69, 9.17) is 9.84 Å². The number of ether oxygens (including phenoxy) is 1. The summed E-state index contributed by atoms with van der Waals surface area (Å²) in [6, 6.07) is 9.51. The highest BCUT2D eigenvalue weighted by Gasteiger charge is 2.18. The summed E-state index contributed by atoms with van der Waals surface area (Å²) in [6.07, 6.45) is 3.70. The number of aromatic amines is 1. The van der Waals surface area contributed by atoms with Crippen molar-refractivity contribution in [2.24, 2.45) is 0 Å². The maximum Gasteiger partial charge on any atom is 0.304 e. The van der Waals surface area contributed by atoms with Crippen LogP contribution in [0.5, 0.6) is 5.75 Å². The highest BCUT2D eigenvalue weighted by atomic mass is 16.5. The van der Waals surface area contributed by atoms with Crippen molar-refractivity contribution in [2.75, 3.05) is 6.61 Å². The minimum atomic E-state index is -0.812. The predicted octanol–water partition coefficient (Wildman–Crippen LogP) is 3.02. The quantitative estimate of drug-likeness (QED) is 0.838. The van der Waals surface area contributed by atoms with Crippen LogP contribution in [0.3, 0.4) is 0 Å². The SMILES string of the molecule is CCOc1cccc(C(CC(=O)O)c2cc[nH]c2)c1. The molecule has 1 atom stereocenters. The fourth-order valence-electron chi connectivity index (χ4n) is 2.14. The van der Waals surface area contributed by atoms with Crippen molar-refractivity contribution in [3.8, 4) is 5.75 Å². The van der Waals surface area contributed by atoms with Gasteiger partial charge in [-0.3, -0.25) is 4.79 Å². The Labute approximate surface area is 112 Å². The molecule has 0 aliphatic heterocycles. The van der Waals surface area contributed by atoms with Gasteiger partial charge in [-0.05, 0) is 36.2 Å². The van der Waals surface area contributed by atoms with Gasteiger partial charge in [-0.1, -0.05) is 12.1 Å². The number of H-pyrrole nitrogens is 1. The molecule has 1 heterocycles. The Balaban J connectivity index is 2.32. The minimum Gasteiger partial charge on any atom is -0.494 e. The molecule has 100 valence electrons. The van der Waals surface area contributed by atoms with Crippen LogP contribution >= 0.6 is 0 Å². The van der Waals surface area contributed by atoms with E-state index in [2.05, 4.69) is 4.98 Å². The molecule has 0 bridgehead atoms. The zero-order chi connectivity index (χ0) is 13.7. The first-order valence-corrected chi connectivity index (χ1v) is 6.28. The Bertz CT molecular complexity index is 534. The molecule has 2 aromatic rings. The fraction of sp³-hybridized carbons (Fsp3) is 0.267. The van der Waals surface area contributed by atoms with Gasteiger partial charge in [0.1, 0.15) is 5.75 Å². The molecular formula is C15H17NO3. The maximum atomic E-state index is 11.0. The lowest BCUT2D eigenvalue weighted by molar-refractivity contribution is -0.137. The molecule has 4 heteroatoms. The number of nitrogens with one attached hydrogen (secondary N) is 1. The zero-order valence-corrected chi connectivity index (χ0v) is 10.8. The molecular weight excluding hydrogens is 242 g/mol. The number of aromatic nitrogens is 1. The van der Waals surface area contributed by atoms with Crippen LogP contribution in [0.4, 0.5) is 0 Å². The van der Waals surface area contributed by atoms with Crippen LogP contribution in [0.1, 0.15) is 30.4 Å². The first kappa shape index (κ1) is 13.2. The summed E-state index contributed by atoms with van der Waals surface area (Å²) in [5.41, 5.74) is 1.92. The number of carboxylic acids is 1. The van der Waals surface area contributed by atoms with Crippen LogP contribution < -0.4 is 4.74 Å². The van der Waals surface area contributed by atoms with E-state index in [0.29, 0.717) is 6.61 Å². The van der Waals surface area contributed by atoms with Gasteiger partial charge in [-0.15, -0.1) is 0 Å². The van der Waals surface area contributed by atoms with Gasteiger partial charge < -0.3 is 14.8 Å². The lowest BCUT2D eigenvalue weighted by atomic mass is 9.90. The molecule has 2 N–H and O–H groups in total. The second-order valence-corrected chi connectivity index (χ2v) is 4.30. The Morgan fingerprint density at radius 2 is 2.21 bits per heavy atom. The van der Waals surface area contributed by atoms with Gasteiger partial charge in [0.15, 0.2) is 0 Å². The van der Waals surface area contributed by atoms with E-state index in [9.17, 15) is 4.79 Å². The summed E-state index contributed by atoms with van der Waals surface area (Å²) >= 11 is 0. The Morgan fingerprint density at radius 3 is 2.84 bits per heavy atom. The molecule has 1 aromatic carbocycles. The van der Waals surface area contributed by atoms with E-state index >= 15 is 0 Å². The summed E-state index contributed by atoms with van der Waals surface area (Å²) in [5.74, 6) is -0.205. The average molecular weight is 259 g/mol. The zero-order valence-electron chi connectivity index (χ0n) is 10.8. The first-order chi connectivity index (χ1) is 9.20. The van der Waals surface area contributed by atoms with Crippen molar-refractivity contribution in [3.05, 3.63) is 53.9 Å². The van der Waals surface area contributed by atoms with Gasteiger partial charge in [-0.25, -0.2) is 0 Å². The third-order valence-corrected chi connectivity index (χ3v) is 2.97. The van der Waals surface area contributed by atoms with Crippen LogP contribution in [0.25, 0.3) is 0 Å². The van der Waals surface area contributed by atoms with E-state index in [1.54, 1.807) is 6.20 Å². The van der Waals surface area contributed by atoms with Gasteiger partial charge in [0.2, 0.25) is 0 Å². The second-order valence-electron chi connectivity index (χ2n) is 4.30. The van der Waals surface area contributed by atoms with E-state index in [0.717, 1.165) is 16.9 Å². The molecule has 2 rings (SSSR count). The molecule has 0 saturated heterocycles. The van der Waals surface area contributed by atoms with Crippen LogP contribution in [-0.2, 0) is 4.79 Å². The molecule has 0 radical (unpaired) electrons. The molecule has 1 aromatic heterocycles. The summed E-state index contributed by atoms with van der Waals surface area (Å²) in [4.78, 5) is 14.0. The summed E-state index contributed by atoms with van der Waals surface area (Å²) in [7, 11) is 0. The number of rotatable bonds is 6. The van der Waals surface area contributed by atoms with E-state index in [1.165, 1.54) is 0 Å². The Morgan fingerprint density at radius 1 is 1.37 bits per heavy atom. The smallest absolute Gasteiger partial charge is 0.304 e. The van der Waals surface area contributed by atoms with Crippen LogP contribution in [0.15, 0.2) is 42.7 Å². The van der Waals surface area contributed by atoms with E-state index in [1.807, 2.05) is 43.5 Å². The molecule has 4 nitrogen and oxygen atoms in total. The predicted molar refractivity (Wildman–Crippen MR) is 72.5 cm³/mol. The number of aliphatic carboxylic acids is 1. The van der Waals surface area contributed by atoms with Crippen molar-refractivity contribution in [2.45, 2.75) is 19.3 Å². The largest absolute Gasteiger partial charge is 0.494 e. The fourth-order valence-corrected chi connectivity index (χ4v) is 2.14.